The van der Waals surface area contributed by atoms with Crippen LogP contribution in [0.2, 0.25) is 25.7 Å². The maximum atomic E-state index is 11.3. The molecule has 0 aliphatic rings. The largest absolute Gasteiger partial charge is 0.466 e. The van der Waals surface area contributed by atoms with Crippen LogP contribution in [0.5, 0.6) is 0 Å². The van der Waals surface area contributed by atoms with E-state index in [2.05, 4.69) is 26.6 Å². The third-order valence-corrected chi connectivity index (χ3v) is 9.78. The highest BCUT2D eigenvalue weighted by Crippen LogP contribution is 2.43. The van der Waals surface area contributed by atoms with E-state index in [1.165, 1.54) is 0 Å². The van der Waals surface area contributed by atoms with Crippen molar-refractivity contribution in [1.82, 2.24) is 0 Å². The van der Waals surface area contributed by atoms with E-state index in [1.54, 1.807) is 14.2 Å². The fourth-order valence-corrected chi connectivity index (χ4v) is 7.71. The third kappa shape index (κ3) is 4.99. The predicted molar refractivity (Wildman–Crippen MR) is 103 cm³/mol. The quantitative estimate of drug-likeness (QED) is 0.562. The van der Waals surface area contributed by atoms with Gasteiger partial charge in [-0.2, -0.15) is 0 Å². The van der Waals surface area contributed by atoms with Crippen molar-refractivity contribution >= 4 is 28.3 Å². The van der Waals surface area contributed by atoms with Gasteiger partial charge in [-0.05, 0) is 26.7 Å². The fourth-order valence-electron chi connectivity index (χ4n) is 3.19. The zero-order chi connectivity index (χ0) is 17.7. The number of aliphatic hydroxyl groups is 1. The summed E-state index contributed by atoms with van der Waals surface area (Å²) in [6.45, 7) is 13.0. The van der Waals surface area contributed by atoms with Crippen LogP contribution in [0.15, 0.2) is 0 Å². The van der Waals surface area contributed by atoms with E-state index in [0.717, 1.165) is 25.3 Å². The second kappa shape index (κ2) is 8.55. The Hall–Kier alpha value is 0.491. The summed E-state index contributed by atoms with van der Waals surface area (Å²) in [7, 11) is 1.92. The third-order valence-electron chi connectivity index (χ3n) is 5.09. The summed E-state index contributed by atoms with van der Waals surface area (Å²) >= 11 is 0. The summed E-state index contributed by atoms with van der Waals surface area (Å²) in [5.41, 5.74) is -1.71. The van der Waals surface area contributed by atoms with Crippen molar-refractivity contribution in [3.63, 3.8) is 0 Å². The molecule has 0 rings (SSSR count). The number of methoxy groups -OCH3 is 2. The minimum Gasteiger partial charge on any atom is -0.466 e. The molecule has 0 spiro atoms. The minimum atomic E-state index is -1.23. The zero-order valence-electron chi connectivity index (χ0n) is 16.2. The summed E-state index contributed by atoms with van der Waals surface area (Å²) in [6, 6.07) is 1.06. The molecule has 4 nitrogen and oxygen atoms in total. The van der Waals surface area contributed by atoms with Crippen molar-refractivity contribution in [2.75, 3.05) is 14.2 Å². The number of ether oxygens (including phenoxy) is 2. The molecule has 0 fully saturated rings. The Morgan fingerprint density at radius 1 is 1.09 bits per heavy atom. The van der Waals surface area contributed by atoms with Gasteiger partial charge in [-0.3, -0.25) is 0 Å². The lowest BCUT2D eigenvalue weighted by Crippen LogP contribution is -2.69. The van der Waals surface area contributed by atoms with Gasteiger partial charge < -0.3 is 18.7 Å². The smallest absolute Gasteiger partial charge is 0.183 e. The van der Waals surface area contributed by atoms with Crippen molar-refractivity contribution in [2.24, 2.45) is 0 Å². The van der Waals surface area contributed by atoms with Gasteiger partial charge in [-0.25, -0.2) is 0 Å². The van der Waals surface area contributed by atoms with Crippen molar-refractivity contribution < 1.29 is 18.7 Å². The molecule has 3 unspecified atom stereocenters. The molecule has 0 aromatic heterocycles. The average Bonchev–Trinajstić information content (AvgIpc) is 2.43. The monoisotopic (exact) mass is 366 g/mol. The molecule has 0 saturated heterocycles. The highest BCUT2D eigenvalue weighted by atomic mass is 28.3. The van der Waals surface area contributed by atoms with Gasteiger partial charge in [0.25, 0.3) is 0 Å². The molecule has 22 heavy (non-hydrogen) atoms. The average molecular weight is 367 g/mol. The second-order valence-electron chi connectivity index (χ2n) is 7.95. The van der Waals surface area contributed by atoms with Crippen molar-refractivity contribution in [2.45, 2.75) is 82.1 Å². The fraction of sp³-hybridized carbons (Fsp3) is 1.00. The lowest BCUT2D eigenvalue weighted by molar-refractivity contribution is -0.230. The first-order chi connectivity index (χ1) is 9.95. The van der Waals surface area contributed by atoms with Crippen LogP contribution >= 0.6 is 0 Å². The molecule has 0 aliphatic heterocycles. The van der Waals surface area contributed by atoms with Gasteiger partial charge in [0.1, 0.15) is 21.3 Å². The first-order valence-electron chi connectivity index (χ1n) is 8.27. The molecular formula is C15H38O4Si3. The molecule has 0 aromatic carbocycles. The first-order valence-corrected chi connectivity index (χ1v) is 14.1. The van der Waals surface area contributed by atoms with Gasteiger partial charge >= 0.3 is 0 Å². The van der Waals surface area contributed by atoms with Crippen LogP contribution in [0.4, 0.5) is 0 Å². The maximum absolute atomic E-state index is 11.3. The lowest BCUT2D eigenvalue weighted by Gasteiger charge is -2.53. The summed E-state index contributed by atoms with van der Waals surface area (Å²) in [4.78, 5) is 0. The molecule has 0 heterocycles. The van der Waals surface area contributed by atoms with Crippen LogP contribution in [0, 0.1) is 0 Å². The Morgan fingerprint density at radius 2 is 1.64 bits per heavy atom. The van der Waals surface area contributed by atoms with E-state index in [9.17, 15) is 5.11 Å². The molecule has 1 N–H and O–H groups in total. The predicted octanol–water partition coefficient (Wildman–Crippen LogP) is 1.39. The summed E-state index contributed by atoms with van der Waals surface area (Å²) in [5, 5.41) is 10.8. The van der Waals surface area contributed by atoms with E-state index in [-0.39, 0.29) is 0 Å². The van der Waals surface area contributed by atoms with Crippen LogP contribution in [0.3, 0.4) is 0 Å². The lowest BCUT2D eigenvalue weighted by atomic mass is 9.77. The highest BCUT2D eigenvalue weighted by Gasteiger charge is 2.58. The molecule has 3 atom stereocenters. The standard InChI is InChI=1S/C15H38O4Si3/c1-9-10-15(18-5,21-19-20)14(3,17-4)13(2,16)11-12-22(6,7)8/h16H,9-12,21H2,1-8,20H3. The van der Waals surface area contributed by atoms with Gasteiger partial charge in [0.2, 0.25) is 0 Å². The molecule has 0 aromatic rings. The normalized spacial score (nSPS) is 21.7. The Balaban J connectivity index is 5.66. The van der Waals surface area contributed by atoms with Gasteiger partial charge in [-0.15, -0.1) is 0 Å². The molecule has 134 valence electrons. The van der Waals surface area contributed by atoms with Gasteiger partial charge in [0, 0.05) is 22.3 Å². The van der Waals surface area contributed by atoms with Crippen LogP contribution in [0.1, 0.15) is 40.0 Å². The molecular weight excluding hydrogens is 328 g/mol. The van der Waals surface area contributed by atoms with Crippen LogP contribution < -0.4 is 0 Å². The molecule has 0 saturated carbocycles. The van der Waals surface area contributed by atoms with Crippen LogP contribution in [-0.4, -0.2) is 64.1 Å². The number of hydrogen-bond acceptors (Lipinski definition) is 4. The van der Waals surface area contributed by atoms with E-state index >= 15 is 0 Å². The van der Waals surface area contributed by atoms with E-state index < -0.39 is 34.3 Å². The minimum absolute atomic E-state index is 0.499. The van der Waals surface area contributed by atoms with Crippen molar-refractivity contribution in [3.05, 3.63) is 0 Å². The Bertz CT molecular complexity index is 325. The van der Waals surface area contributed by atoms with E-state index in [4.69, 9.17) is 13.6 Å². The summed E-state index contributed by atoms with van der Waals surface area (Å²) in [6.07, 6.45) is 2.57. The van der Waals surface area contributed by atoms with Crippen LogP contribution in [0.25, 0.3) is 0 Å². The molecule has 0 radical (unpaired) electrons. The Kier molecular flexibility index (Phi) is 8.74. The Labute approximate surface area is 143 Å². The summed E-state index contributed by atoms with van der Waals surface area (Å²) in [5.74, 6) is 0. The topological polar surface area (TPSA) is 47.9 Å². The van der Waals surface area contributed by atoms with Crippen molar-refractivity contribution in [1.29, 1.82) is 0 Å². The SMILES string of the molecule is CCCC(OC)([SiH2]O[SiH3])C(C)(OC)C(C)(O)CC[Si](C)(C)C. The van der Waals surface area contributed by atoms with Gasteiger partial charge in [0.05, 0.1) is 5.60 Å². The van der Waals surface area contributed by atoms with E-state index in [0.29, 0.717) is 10.5 Å². The molecule has 0 amide bonds. The molecule has 7 heteroatoms. The second-order valence-corrected chi connectivity index (χ2v) is 17.3. The van der Waals surface area contributed by atoms with Gasteiger partial charge in [-0.1, -0.05) is 39.0 Å². The Morgan fingerprint density at radius 3 is 1.95 bits per heavy atom. The van der Waals surface area contributed by atoms with Crippen molar-refractivity contribution in [3.8, 4) is 0 Å². The van der Waals surface area contributed by atoms with Gasteiger partial charge in [0.15, 0.2) is 9.76 Å². The van der Waals surface area contributed by atoms with Crippen LogP contribution in [-0.2, 0) is 13.6 Å². The summed E-state index contributed by atoms with van der Waals surface area (Å²) < 4.78 is 17.6. The first kappa shape index (κ1) is 22.5. The molecule has 0 aliphatic carbocycles. The number of hydrogen-bond donors (Lipinski definition) is 1. The maximum Gasteiger partial charge on any atom is 0.183 e. The number of rotatable bonds is 11. The highest BCUT2D eigenvalue weighted by molar-refractivity contribution is 6.76. The molecule has 0 bridgehead atoms. The zero-order valence-corrected chi connectivity index (χ0v) is 20.6. The van der Waals surface area contributed by atoms with E-state index in [1.807, 2.05) is 13.8 Å².